The first-order chi connectivity index (χ1) is 8.61. The molecule has 1 heterocycles. The van der Waals surface area contributed by atoms with E-state index in [1.54, 1.807) is 7.11 Å². The molecule has 0 saturated heterocycles. The van der Waals surface area contributed by atoms with Crippen molar-refractivity contribution in [3.8, 4) is 5.75 Å². The summed E-state index contributed by atoms with van der Waals surface area (Å²) in [5.74, 6) is -0.307. The normalized spacial score (nSPS) is 12.1. The summed E-state index contributed by atoms with van der Waals surface area (Å²) in [5.41, 5.74) is 0.938. The summed E-state index contributed by atoms with van der Waals surface area (Å²) in [4.78, 5) is 10.7. The van der Waals surface area contributed by atoms with Crippen LogP contribution in [0.5, 0.6) is 5.75 Å². The molecule has 1 aromatic carbocycles. The van der Waals surface area contributed by atoms with Gasteiger partial charge in [-0.25, -0.2) is 9.48 Å². The van der Waals surface area contributed by atoms with E-state index < -0.39 is 5.97 Å². The van der Waals surface area contributed by atoms with Crippen LogP contribution in [0.3, 0.4) is 0 Å². The van der Waals surface area contributed by atoms with Gasteiger partial charge >= 0.3 is 5.97 Å². The van der Waals surface area contributed by atoms with Crippen molar-refractivity contribution in [2.75, 3.05) is 7.11 Å². The summed E-state index contributed by atoms with van der Waals surface area (Å²) in [6, 6.07) is 7.43. The molecule has 1 aromatic heterocycles. The van der Waals surface area contributed by atoms with Gasteiger partial charge in [0, 0.05) is 0 Å². The first-order valence-corrected chi connectivity index (χ1v) is 5.41. The number of hydrogen-bond acceptors (Lipinski definition) is 4. The van der Waals surface area contributed by atoms with E-state index in [-0.39, 0.29) is 11.7 Å². The zero-order valence-electron chi connectivity index (χ0n) is 10.1. The van der Waals surface area contributed by atoms with Gasteiger partial charge in [0.05, 0.1) is 19.3 Å². The summed E-state index contributed by atoms with van der Waals surface area (Å²) >= 11 is 0. The number of carboxylic acid groups (broad SMARTS) is 1. The number of methoxy groups -OCH3 is 1. The molecule has 0 unspecified atom stereocenters. The highest BCUT2D eigenvalue weighted by molar-refractivity contribution is 5.84. The fourth-order valence-corrected chi connectivity index (χ4v) is 1.60. The van der Waals surface area contributed by atoms with Crippen LogP contribution in [-0.4, -0.2) is 33.2 Å². The largest absolute Gasteiger partial charge is 0.497 e. The summed E-state index contributed by atoms with van der Waals surface area (Å²) < 4.78 is 6.60. The Kier molecular flexibility index (Phi) is 3.27. The number of ether oxygens (including phenoxy) is 1. The lowest BCUT2D eigenvalue weighted by Gasteiger charge is -2.11. The number of carbonyl (C=O) groups is 1. The van der Waals surface area contributed by atoms with E-state index in [0.29, 0.717) is 0 Å². The molecule has 1 N–H and O–H groups in total. The molecule has 2 rings (SSSR count). The average Bonchev–Trinajstić information content (AvgIpc) is 2.88. The van der Waals surface area contributed by atoms with E-state index in [2.05, 4.69) is 10.3 Å². The molecular formula is C12H13N3O3. The van der Waals surface area contributed by atoms with Crippen LogP contribution in [0.4, 0.5) is 0 Å². The van der Waals surface area contributed by atoms with Crippen LogP contribution in [0.1, 0.15) is 29.0 Å². The molecule has 0 bridgehead atoms. The summed E-state index contributed by atoms with van der Waals surface area (Å²) in [5, 5.41) is 16.2. The predicted octanol–water partition coefficient (Wildman–Crippen LogP) is 1.59. The van der Waals surface area contributed by atoms with Gasteiger partial charge in [-0.2, -0.15) is 0 Å². The minimum absolute atomic E-state index is 0.0599. The van der Waals surface area contributed by atoms with Gasteiger partial charge in [0.2, 0.25) is 0 Å². The molecule has 94 valence electrons. The first kappa shape index (κ1) is 12.1. The molecule has 0 radical (unpaired) electrons. The van der Waals surface area contributed by atoms with Gasteiger partial charge in [-0.15, -0.1) is 5.10 Å². The Balaban J connectivity index is 2.23. The molecule has 0 aliphatic rings. The number of rotatable bonds is 4. The Hall–Kier alpha value is -2.37. The monoisotopic (exact) mass is 247 g/mol. The quantitative estimate of drug-likeness (QED) is 0.887. The molecule has 0 spiro atoms. The molecule has 0 fully saturated rings. The van der Waals surface area contributed by atoms with Gasteiger partial charge in [-0.1, -0.05) is 17.3 Å². The van der Waals surface area contributed by atoms with E-state index in [1.165, 1.54) is 10.9 Å². The van der Waals surface area contributed by atoms with Gasteiger partial charge in [0.1, 0.15) is 5.75 Å². The predicted molar refractivity (Wildman–Crippen MR) is 63.8 cm³/mol. The number of aromatic nitrogens is 3. The van der Waals surface area contributed by atoms with Crippen molar-refractivity contribution in [1.29, 1.82) is 0 Å². The van der Waals surface area contributed by atoms with Crippen LogP contribution in [0.2, 0.25) is 0 Å². The van der Waals surface area contributed by atoms with Gasteiger partial charge in [-0.05, 0) is 24.6 Å². The maximum absolute atomic E-state index is 10.7. The zero-order valence-corrected chi connectivity index (χ0v) is 10.1. The second-order valence-corrected chi connectivity index (χ2v) is 3.84. The number of nitrogens with zero attached hydrogens (tertiary/aromatic N) is 3. The third-order valence-corrected chi connectivity index (χ3v) is 2.72. The Bertz CT molecular complexity index is 548. The third kappa shape index (κ3) is 2.32. The lowest BCUT2D eigenvalue weighted by molar-refractivity contribution is 0.0690. The summed E-state index contributed by atoms with van der Waals surface area (Å²) in [6.45, 7) is 1.92. The lowest BCUT2D eigenvalue weighted by Crippen LogP contribution is -2.07. The molecule has 6 heteroatoms. The van der Waals surface area contributed by atoms with Crippen LogP contribution in [0, 0.1) is 0 Å². The van der Waals surface area contributed by atoms with Gasteiger partial charge in [-0.3, -0.25) is 0 Å². The van der Waals surface area contributed by atoms with Crippen LogP contribution >= 0.6 is 0 Å². The molecule has 18 heavy (non-hydrogen) atoms. The molecule has 1 atom stereocenters. The highest BCUT2D eigenvalue weighted by Gasteiger charge is 2.13. The number of carboxylic acids is 1. The summed E-state index contributed by atoms with van der Waals surface area (Å²) in [7, 11) is 1.61. The second-order valence-electron chi connectivity index (χ2n) is 3.84. The minimum Gasteiger partial charge on any atom is -0.497 e. The van der Waals surface area contributed by atoms with Crippen molar-refractivity contribution in [2.24, 2.45) is 0 Å². The molecule has 0 amide bonds. The highest BCUT2D eigenvalue weighted by Crippen LogP contribution is 2.20. The second kappa shape index (κ2) is 4.87. The Morgan fingerprint density at radius 1 is 1.39 bits per heavy atom. The molecule has 0 aliphatic carbocycles. The summed E-state index contributed by atoms with van der Waals surface area (Å²) in [6.07, 6.45) is 1.41. The van der Waals surface area contributed by atoms with Crippen molar-refractivity contribution in [3.05, 3.63) is 41.7 Å². The molecule has 0 aliphatic heterocycles. The van der Waals surface area contributed by atoms with Crippen molar-refractivity contribution in [2.45, 2.75) is 13.0 Å². The molecule has 6 nitrogen and oxygen atoms in total. The first-order valence-electron chi connectivity index (χ1n) is 5.41. The van der Waals surface area contributed by atoms with E-state index in [9.17, 15) is 4.79 Å². The van der Waals surface area contributed by atoms with Gasteiger partial charge in [0.15, 0.2) is 5.69 Å². The van der Waals surface area contributed by atoms with Crippen molar-refractivity contribution in [3.63, 3.8) is 0 Å². The Labute approximate surface area is 104 Å². The average molecular weight is 247 g/mol. The van der Waals surface area contributed by atoms with E-state index in [4.69, 9.17) is 9.84 Å². The fourth-order valence-electron chi connectivity index (χ4n) is 1.60. The molecular weight excluding hydrogens is 234 g/mol. The lowest BCUT2D eigenvalue weighted by atomic mass is 10.1. The number of benzene rings is 1. The Morgan fingerprint density at radius 3 is 2.56 bits per heavy atom. The molecule has 2 aromatic rings. The van der Waals surface area contributed by atoms with E-state index >= 15 is 0 Å². The number of aromatic carboxylic acids is 1. The maximum Gasteiger partial charge on any atom is 0.358 e. The fraction of sp³-hybridized carbons (Fsp3) is 0.250. The highest BCUT2D eigenvalue weighted by atomic mass is 16.5. The van der Waals surface area contributed by atoms with Crippen molar-refractivity contribution < 1.29 is 14.6 Å². The van der Waals surface area contributed by atoms with Crippen LogP contribution in [-0.2, 0) is 0 Å². The number of hydrogen-bond donors (Lipinski definition) is 1. The topological polar surface area (TPSA) is 77.2 Å². The Morgan fingerprint density at radius 2 is 2.06 bits per heavy atom. The zero-order chi connectivity index (χ0) is 13.1. The van der Waals surface area contributed by atoms with E-state index in [1.807, 2.05) is 31.2 Å². The van der Waals surface area contributed by atoms with Gasteiger partial charge in [0.25, 0.3) is 0 Å². The minimum atomic E-state index is -1.08. The maximum atomic E-state index is 10.7. The standard InChI is InChI=1S/C12H13N3O3/c1-8(9-3-5-10(18-2)6-4-9)15-7-11(12(16)17)13-14-15/h3-8H,1-2H3,(H,16,17)/t8-/m1/s1. The molecule has 0 saturated carbocycles. The van der Waals surface area contributed by atoms with E-state index in [0.717, 1.165) is 11.3 Å². The van der Waals surface area contributed by atoms with Crippen LogP contribution in [0.15, 0.2) is 30.5 Å². The smallest absolute Gasteiger partial charge is 0.358 e. The SMILES string of the molecule is COc1ccc([C@@H](C)n2cc(C(=O)O)nn2)cc1. The van der Waals surface area contributed by atoms with Crippen molar-refractivity contribution >= 4 is 5.97 Å². The van der Waals surface area contributed by atoms with Crippen LogP contribution < -0.4 is 4.74 Å². The third-order valence-electron chi connectivity index (χ3n) is 2.72. The van der Waals surface area contributed by atoms with Crippen molar-refractivity contribution in [1.82, 2.24) is 15.0 Å². The van der Waals surface area contributed by atoms with Crippen LogP contribution in [0.25, 0.3) is 0 Å². The van der Waals surface area contributed by atoms with Gasteiger partial charge < -0.3 is 9.84 Å².